The van der Waals surface area contributed by atoms with E-state index < -0.39 is 11.9 Å². The third-order valence-corrected chi connectivity index (χ3v) is 5.38. The van der Waals surface area contributed by atoms with E-state index in [1.54, 1.807) is 25.4 Å². The van der Waals surface area contributed by atoms with E-state index in [9.17, 15) is 9.59 Å². The van der Waals surface area contributed by atoms with Gasteiger partial charge in [0.25, 0.3) is 5.91 Å². The summed E-state index contributed by atoms with van der Waals surface area (Å²) in [6.45, 7) is 5.48. The molecule has 3 amide bonds. The molecule has 3 aliphatic heterocycles. The van der Waals surface area contributed by atoms with Crippen LogP contribution in [0.5, 0.6) is 0 Å². The fourth-order valence-electron chi connectivity index (χ4n) is 3.78. The SMILES string of the molecule is CN1C(=O)NC(=O)C1=Cc1ccnc(N2CCC(N3CCOCC3)CC2)n1. The molecule has 1 aromatic rings. The third kappa shape index (κ3) is 3.79. The first kappa shape index (κ1) is 17.9. The van der Waals surface area contributed by atoms with E-state index >= 15 is 0 Å². The van der Waals surface area contributed by atoms with Crippen LogP contribution in [0.3, 0.4) is 0 Å². The van der Waals surface area contributed by atoms with Gasteiger partial charge in [0.05, 0.1) is 18.9 Å². The van der Waals surface area contributed by atoms with Gasteiger partial charge in [-0.2, -0.15) is 0 Å². The lowest BCUT2D eigenvalue weighted by Gasteiger charge is -2.40. The molecule has 144 valence electrons. The molecule has 4 heterocycles. The Bertz CT molecular complexity index is 753. The number of amides is 3. The Morgan fingerprint density at radius 2 is 1.93 bits per heavy atom. The first-order chi connectivity index (χ1) is 13.1. The number of anilines is 1. The van der Waals surface area contributed by atoms with Crippen molar-refractivity contribution in [1.82, 2.24) is 25.1 Å². The molecule has 1 N–H and O–H groups in total. The average Bonchev–Trinajstić information content (AvgIpc) is 2.95. The molecule has 4 rings (SSSR count). The highest BCUT2D eigenvalue weighted by Gasteiger charge is 2.30. The van der Waals surface area contributed by atoms with Crippen LogP contribution >= 0.6 is 0 Å². The number of ether oxygens (including phenoxy) is 1. The number of aromatic nitrogens is 2. The molecule has 0 unspecified atom stereocenters. The van der Waals surface area contributed by atoms with Crippen LogP contribution < -0.4 is 10.2 Å². The van der Waals surface area contributed by atoms with Crippen molar-refractivity contribution >= 4 is 24.0 Å². The molecular formula is C18H24N6O3. The van der Waals surface area contributed by atoms with E-state index in [1.165, 1.54) is 4.90 Å². The highest BCUT2D eigenvalue weighted by Crippen LogP contribution is 2.21. The number of nitrogens with one attached hydrogen (secondary N) is 1. The number of carbonyl (C=O) groups is 2. The Balaban J connectivity index is 1.43. The van der Waals surface area contributed by atoms with Gasteiger partial charge in [0.2, 0.25) is 5.95 Å². The average molecular weight is 372 g/mol. The smallest absolute Gasteiger partial charge is 0.328 e. The molecule has 0 aromatic carbocycles. The van der Waals surface area contributed by atoms with E-state index in [4.69, 9.17) is 4.74 Å². The van der Waals surface area contributed by atoms with Crippen molar-refractivity contribution in [3.63, 3.8) is 0 Å². The summed E-state index contributed by atoms with van der Waals surface area (Å²) in [5, 5.41) is 2.26. The maximum atomic E-state index is 11.9. The van der Waals surface area contributed by atoms with Crippen LogP contribution in [-0.4, -0.2) is 84.2 Å². The van der Waals surface area contributed by atoms with E-state index in [1.807, 2.05) is 0 Å². The van der Waals surface area contributed by atoms with Crippen LogP contribution in [0.25, 0.3) is 6.08 Å². The van der Waals surface area contributed by atoms with Gasteiger partial charge in [-0.3, -0.25) is 19.9 Å². The molecule has 0 spiro atoms. The summed E-state index contributed by atoms with van der Waals surface area (Å²) < 4.78 is 5.44. The van der Waals surface area contributed by atoms with Crippen LogP contribution in [0.2, 0.25) is 0 Å². The van der Waals surface area contributed by atoms with Crippen molar-refractivity contribution in [3.8, 4) is 0 Å². The number of imide groups is 1. The molecule has 0 aliphatic carbocycles. The van der Waals surface area contributed by atoms with Gasteiger partial charge in [-0.1, -0.05) is 0 Å². The van der Waals surface area contributed by atoms with Gasteiger partial charge in [-0.15, -0.1) is 0 Å². The standard InChI is InChI=1S/C18H24N6O3/c1-22-15(16(25)21-18(22)26)12-13-2-5-19-17(20-13)24-6-3-14(4-7-24)23-8-10-27-11-9-23/h2,5,12,14H,3-4,6-11H2,1H3,(H,21,25,26). The van der Waals surface area contributed by atoms with E-state index in [2.05, 4.69) is 25.1 Å². The summed E-state index contributed by atoms with van der Waals surface area (Å²) >= 11 is 0. The first-order valence-corrected chi connectivity index (χ1v) is 9.32. The van der Waals surface area contributed by atoms with Crippen molar-refractivity contribution in [1.29, 1.82) is 0 Å². The second-order valence-corrected chi connectivity index (χ2v) is 7.00. The summed E-state index contributed by atoms with van der Waals surface area (Å²) in [4.78, 5) is 38.4. The van der Waals surface area contributed by atoms with Gasteiger partial charge in [0, 0.05) is 45.5 Å². The maximum Gasteiger partial charge on any atom is 0.328 e. The lowest BCUT2D eigenvalue weighted by Crippen LogP contribution is -2.49. The quantitative estimate of drug-likeness (QED) is 0.603. The normalized spacial score (nSPS) is 24.0. The minimum absolute atomic E-state index is 0.288. The molecule has 3 aliphatic rings. The van der Waals surface area contributed by atoms with Crippen molar-refractivity contribution < 1.29 is 14.3 Å². The molecule has 0 radical (unpaired) electrons. The van der Waals surface area contributed by atoms with E-state index in [0.717, 1.165) is 52.2 Å². The number of hydrogen-bond donors (Lipinski definition) is 1. The minimum Gasteiger partial charge on any atom is -0.379 e. The Hall–Kier alpha value is -2.52. The second-order valence-electron chi connectivity index (χ2n) is 7.00. The number of nitrogens with zero attached hydrogens (tertiary/aromatic N) is 5. The van der Waals surface area contributed by atoms with Gasteiger partial charge in [-0.25, -0.2) is 14.8 Å². The van der Waals surface area contributed by atoms with Crippen molar-refractivity contribution in [3.05, 3.63) is 23.7 Å². The van der Waals surface area contributed by atoms with Crippen LogP contribution in [0, 0.1) is 0 Å². The van der Waals surface area contributed by atoms with Crippen LogP contribution in [-0.2, 0) is 9.53 Å². The van der Waals surface area contributed by atoms with Gasteiger partial charge in [0.15, 0.2) is 0 Å². The molecule has 3 fully saturated rings. The molecule has 3 saturated heterocycles. The highest BCUT2D eigenvalue weighted by molar-refractivity contribution is 6.13. The van der Waals surface area contributed by atoms with Gasteiger partial charge >= 0.3 is 6.03 Å². The van der Waals surface area contributed by atoms with Crippen molar-refractivity contribution in [2.75, 3.05) is 51.3 Å². The predicted molar refractivity (Wildman–Crippen MR) is 98.9 cm³/mol. The van der Waals surface area contributed by atoms with Gasteiger partial charge in [-0.05, 0) is 25.0 Å². The largest absolute Gasteiger partial charge is 0.379 e. The van der Waals surface area contributed by atoms with Crippen LogP contribution in [0.4, 0.5) is 10.7 Å². The Morgan fingerprint density at radius 1 is 1.19 bits per heavy atom. The predicted octanol–water partition coefficient (Wildman–Crippen LogP) is 0.300. The number of rotatable bonds is 3. The fourth-order valence-corrected chi connectivity index (χ4v) is 3.78. The Morgan fingerprint density at radius 3 is 2.59 bits per heavy atom. The lowest BCUT2D eigenvalue weighted by atomic mass is 10.0. The number of morpholine rings is 1. The third-order valence-electron chi connectivity index (χ3n) is 5.38. The summed E-state index contributed by atoms with van der Waals surface area (Å²) in [7, 11) is 1.56. The zero-order valence-corrected chi connectivity index (χ0v) is 15.4. The highest BCUT2D eigenvalue weighted by atomic mass is 16.5. The molecule has 27 heavy (non-hydrogen) atoms. The van der Waals surface area contributed by atoms with Gasteiger partial charge < -0.3 is 9.64 Å². The van der Waals surface area contributed by atoms with Gasteiger partial charge in [0.1, 0.15) is 5.70 Å². The summed E-state index contributed by atoms with van der Waals surface area (Å²) in [6, 6.07) is 1.91. The molecule has 0 bridgehead atoms. The van der Waals surface area contributed by atoms with Crippen LogP contribution in [0.1, 0.15) is 18.5 Å². The molecule has 1 aromatic heterocycles. The topological polar surface area (TPSA) is 90.9 Å². The maximum absolute atomic E-state index is 11.9. The van der Waals surface area contributed by atoms with Crippen molar-refractivity contribution in [2.45, 2.75) is 18.9 Å². The van der Waals surface area contributed by atoms with Crippen molar-refractivity contribution in [2.24, 2.45) is 0 Å². The second kappa shape index (κ2) is 7.61. The molecule has 0 atom stereocenters. The minimum atomic E-state index is -0.425. The summed E-state index contributed by atoms with van der Waals surface area (Å²) in [5.74, 6) is 0.256. The zero-order valence-electron chi connectivity index (χ0n) is 15.4. The fraction of sp³-hybridized carbons (Fsp3) is 0.556. The number of piperidine rings is 1. The Kier molecular flexibility index (Phi) is 5.04. The monoisotopic (exact) mass is 372 g/mol. The molecule has 0 saturated carbocycles. The van der Waals surface area contributed by atoms with E-state index in [0.29, 0.717) is 17.7 Å². The molecular weight excluding hydrogens is 348 g/mol. The summed E-state index contributed by atoms with van der Waals surface area (Å²) in [5.41, 5.74) is 0.901. The lowest BCUT2D eigenvalue weighted by molar-refractivity contribution is -0.115. The molecule has 9 nitrogen and oxygen atoms in total. The number of urea groups is 1. The Labute approximate surface area is 158 Å². The number of hydrogen-bond acceptors (Lipinski definition) is 7. The number of carbonyl (C=O) groups excluding carboxylic acids is 2. The molecule has 9 heteroatoms. The summed E-state index contributed by atoms with van der Waals surface area (Å²) in [6.07, 6.45) is 5.46. The van der Waals surface area contributed by atoms with E-state index in [-0.39, 0.29) is 5.70 Å². The number of likely N-dealkylation sites (N-methyl/N-ethyl adjacent to an activating group) is 1. The zero-order chi connectivity index (χ0) is 18.8. The van der Waals surface area contributed by atoms with Crippen LogP contribution in [0.15, 0.2) is 18.0 Å². The first-order valence-electron chi connectivity index (χ1n) is 9.32.